The van der Waals surface area contributed by atoms with Gasteiger partial charge in [-0.2, -0.15) is 0 Å². The molecule has 0 fully saturated rings. The van der Waals surface area contributed by atoms with E-state index in [2.05, 4.69) is 5.32 Å². The number of carboxylic acid groups (broad SMARTS) is 1. The monoisotopic (exact) mass is 493 g/mol. The summed E-state index contributed by atoms with van der Waals surface area (Å²) in [5, 5.41) is 11.4. The molecule has 0 aromatic heterocycles. The number of benzene rings is 3. The van der Waals surface area contributed by atoms with Gasteiger partial charge in [-0.05, 0) is 40.8 Å². The summed E-state index contributed by atoms with van der Waals surface area (Å²) in [7, 11) is 0. The first kappa shape index (κ1) is 26.5. The number of aliphatic carboxylic acids is 1. The van der Waals surface area contributed by atoms with Crippen LogP contribution in [-0.2, 0) is 16.0 Å². The number of carboxylic acids is 1. The zero-order valence-corrected chi connectivity index (χ0v) is 21.8. The van der Waals surface area contributed by atoms with Crippen LogP contribution in [0, 0.1) is 6.92 Å². The Bertz CT molecular complexity index is 1200. The van der Waals surface area contributed by atoms with E-state index in [0.29, 0.717) is 0 Å². The summed E-state index contributed by atoms with van der Waals surface area (Å²) < 4.78 is 45.8. The van der Waals surface area contributed by atoms with Crippen molar-refractivity contribution in [2.24, 2.45) is 0 Å². The Hall–Kier alpha value is -2.11. The Labute approximate surface area is 237 Å². The Morgan fingerprint density at radius 1 is 1.00 bits per heavy atom. The first-order chi connectivity index (χ1) is 15.6. The van der Waals surface area contributed by atoms with Crippen molar-refractivity contribution in [2.45, 2.75) is 19.3 Å². The van der Waals surface area contributed by atoms with Gasteiger partial charge in [0.1, 0.15) is 6.61 Å². The predicted molar refractivity (Wildman–Crippen MR) is 120 cm³/mol. The summed E-state index contributed by atoms with van der Waals surface area (Å²) in [5.74, 6) is -1.46. The van der Waals surface area contributed by atoms with E-state index in [1.807, 2.05) is 48.5 Å². The van der Waals surface area contributed by atoms with Gasteiger partial charge in [-0.1, -0.05) is 60.2 Å². The molecule has 0 radical (unpaired) electrons. The van der Waals surface area contributed by atoms with Crippen LogP contribution in [0.25, 0.3) is 11.1 Å². The maximum Gasteiger partial charge on any atom is 1.00 e. The minimum absolute atomic E-state index is 0. The molecule has 1 aliphatic carbocycles. The van der Waals surface area contributed by atoms with Crippen molar-refractivity contribution >= 4 is 30.2 Å². The number of anilines is 1. The van der Waals surface area contributed by atoms with Gasteiger partial charge in [-0.25, -0.2) is 4.79 Å². The van der Waals surface area contributed by atoms with Crippen molar-refractivity contribution in [3.63, 3.8) is 0 Å². The second-order valence-corrected chi connectivity index (χ2v) is 7.95. The van der Waals surface area contributed by atoms with Crippen molar-refractivity contribution in [2.75, 3.05) is 11.9 Å². The largest absolute Gasteiger partial charge is 1.00 e. The Balaban J connectivity index is 0.00000324. The topological polar surface area (TPSA) is 75.6 Å². The normalized spacial score (nSPS) is 12.4. The van der Waals surface area contributed by atoms with E-state index in [0.717, 1.165) is 28.3 Å². The molecule has 10 heteroatoms. The van der Waals surface area contributed by atoms with Gasteiger partial charge in [0.25, 0.3) is 0 Å². The minimum atomic E-state index is -5.40. The van der Waals surface area contributed by atoms with Crippen LogP contribution in [0.5, 0.6) is 0 Å². The average molecular weight is 493 g/mol. The first-order valence-electron chi connectivity index (χ1n) is 10.3. The van der Waals surface area contributed by atoms with Crippen molar-refractivity contribution < 1.29 is 83.8 Å². The Morgan fingerprint density at radius 3 is 2.09 bits per heavy atom. The van der Waals surface area contributed by atoms with Crippen LogP contribution in [-0.4, -0.2) is 30.8 Å². The van der Waals surface area contributed by atoms with Crippen molar-refractivity contribution in [3.8, 4) is 11.1 Å². The summed E-state index contributed by atoms with van der Waals surface area (Å²) in [5.41, 5.74) is 2.83. The molecule has 0 bridgehead atoms. The van der Waals surface area contributed by atoms with Gasteiger partial charge < -0.3 is 22.8 Å². The van der Waals surface area contributed by atoms with Crippen LogP contribution in [0.15, 0.2) is 60.7 Å². The quantitative estimate of drug-likeness (QED) is 0.516. The first-order valence-corrected chi connectivity index (χ1v) is 10.3. The summed E-state index contributed by atoms with van der Waals surface area (Å²) in [6.07, 6.45) is -1.51. The van der Waals surface area contributed by atoms with Gasteiger partial charge in [0.2, 0.25) is 0 Å². The Morgan fingerprint density at radius 2 is 1.56 bits per heavy atom. The van der Waals surface area contributed by atoms with Crippen LogP contribution >= 0.6 is 0 Å². The fraction of sp³-hybridized carbons (Fsp3) is 0.167. The average Bonchev–Trinajstić information content (AvgIpc) is 3.07. The molecule has 0 heterocycles. The molecule has 0 aliphatic heterocycles. The molecule has 1 aliphatic rings. The number of carbonyl (C=O) groups excluding carboxylic acids is 1. The van der Waals surface area contributed by atoms with E-state index in [1.165, 1.54) is 13.0 Å². The molecular weight excluding hydrogens is 473 g/mol. The van der Waals surface area contributed by atoms with Crippen molar-refractivity contribution in [1.29, 1.82) is 0 Å². The molecule has 3 aromatic rings. The van der Waals surface area contributed by atoms with Crippen LogP contribution < -0.4 is 62.2 Å². The van der Waals surface area contributed by atoms with E-state index in [9.17, 15) is 22.5 Å². The molecule has 0 unspecified atom stereocenters. The number of halogens is 3. The third kappa shape index (κ3) is 5.58. The van der Waals surface area contributed by atoms with E-state index >= 15 is 0 Å². The maximum absolute atomic E-state index is 13.5. The van der Waals surface area contributed by atoms with E-state index in [-0.39, 0.29) is 80.7 Å². The number of fused-ring (bicyclic) bond motifs is 3. The molecule has 0 atom stereocenters. The number of nitrogens with one attached hydrogen (secondary N) is 1. The van der Waals surface area contributed by atoms with Crippen LogP contribution in [0.2, 0.25) is 0 Å². The molecule has 34 heavy (non-hydrogen) atoms. The third-order valence-corrected chi connectivity index (χ3v) is 5.84. The van der Waals surface area contributed by atoms with E-state index < -0.39 is 30.9 Å². The molecule has 1 amide bonds. The fourth-order valence-electron chi connectivity index (χ4n) is 4.31. The number of carbonyl (C=O) groups is 2. The number of hydrogen-bond donors (Lipinski definition) is 2. The summed E-state index contributed by atoms with van der Waals surface area (Å²) in [6.45, 7) is -4.17. The molecule has 5 nitrogen and oxygen atoms in total. The maximum atomic E-state index is 13.5. The van der Waals surface area contributed by atoms with Crippen molar-refractivity contribution in [3.05, 3.63) is 82.9 Å². The van der Waals surface area contributed by atoms with Gasteiger partial charge in [-0.15, -0.1) is 5.46 Å². The van der Waals surface area contributed by atoms with Gasteiger partial charge in [-0.3, -0.25) is 10.1 Å². The molecule has 0 saturated heterocycles. The smallest absolute Gasteiger partial charge is 0.481 e. The second kappa shape index (κ2) is 10.7. The minimum Gasteiger partial charge on any atom is -0.481 e. The summed E-state index contributed by atoms with van der Waals surface area (Å²) in [6, 6.07) is 17.6. The molecule has 4 rings (SSSR count). The Kier molecular flexibility index (Phi) is 8.30. The second-order valence-electron chi connectivity index (χ2n) is 7.95. The molecule has 2 N–H and O–H groups in total. The number of rotatable bonds is 6. The summed E-state index contributed by atoms with van der Waals surface area (Å²) in [4.78, 5) is 23.5. The van der Waals surface area contributed by atoms with Gasteiger partial charge in [0.15, 0.2) is 0 Å². The molecular formula is C24H20BF3KNO4. The number of hydrogen-bond acceptors (Lipinski definition) is 3. The standard InChI is InChI=1S/C24H20BF3NO4.K/c1-14-15(11-23(30)31)10-16(12-22(14)25(26,27)28)29-24(32)33-13-21-19-8-4-2-6-17(19)18-7-3-5-9-20(18)21;/h2-10,12,21H,11,13H2,1H3,(H,29,32)(H,30,31);/q-1;+1. The predicted octanol–water partition coefficient (Wildman–Crippen LogP) is 2.04. The van der Waals surface area contributed by atoms with E-state index in [1.54, 1.807) is 0 Å². The molecule has 170 valence electrons. The molecule has 0 spiro atoms. The van der Waals surface area contributed by atoms with Gasteiger partial charge in [0, 0.05) is 11.6 Å². The van der Waals surface area contributed by atoms with Crippen molar-refractivity contribution in [1.82, 2.24) is 0 Å². The van der Waals surface area contributed by atoms with E-state index in [4.69, 9.17) is 9.84 Å². The molecule has 0 saturated carbocycles. The zero-order valence-electron chi connectivity index (χ0n) is 18.6. The SMILES string of the molecule is Cc1c(CC(=O)O)cc(NC(=O)OCC2c3ccccc3-c3ccccc32)cc1[B-](F)(F)F.[K+]. The third-order valence-electron chi connectivity index (χ3n) is 5.84. The van der Waals surface area contributed by atoms with Crippen LogP contribution in [0.4, 0.5) is 23.4 Å². The van der Waals surface area contributed by atoms with Gasteiger partial charge in [0.05, 0.1) is 6.42 Å². The molecule has 3 aromatic carbocycles. The number of ether oxygens (including phenoxy) is 1. The summed E-state index contributed by atoms with van der Waals surface area (Å²) >= 11 is 0. The van der Waals surface area contributed by atoms with Gasteiger partial charge >= 0.3 is 70.4 Å². The van der Waals surface area contributed by atoms with Crippen LogP contribution in [0.1, 0.15) is 28.2 Å². The fourth-order valence-corrected chi connectivity index (χ4v) is 4.31. The van der Waals surface area contributed by atoms with Crippen LogP contribution in [0.3, 0.4) is 0 Å². The zero-order chi connectivity index (χ0) is 23.8. The number of amides is 1.